The standard InChI is InChI=1S/C11H14N2O3S/c1-17(15,16)10-4-7-13(8-10)11(14)9-2-5-12-6-3-9/h2-3,5-6,10H,4,7-8H2,1H3. The van der Waals surface area contributed by atoms with Gasteiger partial charge in [0.05, 0.1) is 5.25 Å². The second-order valence-electron chi connectivity index (χ2n) is 4.23. The summed E-state index contributed by atoms with van der Waals surface area (Å²) in [6.07, 6.45) is 4.85. The fraction of sp³-hybridized carbons (Fsp3) is 0.455. The first-order valence-corrected chi connectivity index (χ1v) is 7.32. The van der Waals surface area contributed by atoms with Gasteiger partial charge in [-0.3, -0.25) is 9.78 Å². The lowest BCUT2D eigenvalue weighted by Gasteiger charge is -2.15. The van der Waals surface area contributed by atoms with E-state index in [-0.39, 0.29) is 5.91 Å². The third-order valence-electron chi connectivity index (χ3n) is 2.96. The van der Waals surface area contributed by atoms with Crippen molar-refractivity contribution in [1.82, 2.24) is 9.88 Å². The highest BCUT2D eigenvalue weighted by molar-refractivity contribution is 7.91. The zero-order chi connectivity index (χ0) is 12.5. The molecule has 1 saturated heterocycles. The van der Waals surface area contributed by atoms with E-state index in [2.05, 4.69) is 4.98 Å². The molecule has 0 radical (unpaired) electrons. The fourth-order valence-corrected chi connectivity index (χ4v) is 2.92. The molecule has 0 bridgehead atoms. The van der Waals surface area contributed by atoms with Crippen LogP contribution in [0.5, 0.6) is 0 Å². The van der Waals surface area contributed by atoms with Crippen LogP contribution >= 0.6 is 0 Å². The average molecular weight is 254 g/mol. The normalized spacial score (nSPS) is 20.5. The molecule has 0 aromatic carbocycles. The van der Waals surface area contributed by atoms with E-state index in [1.165, 1.54) is 6.26 Å². The van der Waals surface area contributed by atoms with Crippen LogP contribution in [-0.4, -0.2) is 48.8 Å². The number of hydrogen-bond donors (Lipinski definition) is 0. The minimum atomic E-state index is -3.06. The highest BCUT2D eigenvalue weighted by Crippen LogP contribution is 2.18. The third kappa shape index (κ3) is 2.63. The molecule has 6 heteroatoms. The molecular weight excluding hydrogens is 240 g/mol. The van der Waals surface area contributed by atoms with Crippen molar-refractivity contribution in [1.29, 1.82) is 0 Å². The van der Waals surface area contributed by atoms with Crippen LogP contribution in [0.3, 0.4) is 0 Å². The van der Waals surface area contributed by atoms with Crippen LogP contribution in [0.1, 0.15) is 16.8 Å². The van der Waals surface area contributed by atoms with E-state index >= 15 is 0 Å². The molecule has 1 atom stereocenters. The third-order valence-corrected chi connectivity index (χ3v) is 4.56. The predicted octanol–water partition coefficient (Wildman–Crippen LogP) is 0.341. The van der Waals surface area contributed by atoms with Crippen LogP contribution in [0.15, 0.2) is 24.5 Å². The average Bonchev–Trinajstić information content (AvgIpc) is 2.78. The summed E-state index contributed by atoms with van der Waals surface area (Å²) in [5, 5.41) is -0.423. The Labute approximate surface area is 100 Å². The van der Waals surface area contributed by atoms with Crippen LogP contribution in [0.4, 0.5) is 0 Å². The molecular formula is C11H14N2O3S. The maximum absolute atomic E-state index is 12.0. The number of hydrogen-bond acceptors (Lipinski definition) is 4. The van der Waals surface area contributed by atoms with Gasteiger partial charge >= 0.3 is 0 Å². The molecule has 1 fully saturated rings. The first kappa shape index (κ1) is 12.0. The number of amides is 1. The van der Waals surface area contributed by atoms with Crippen molar-refractivity contribution in [3.63, 3.8) is 0 Å². The minimum Gasteiger partial charge on any atom is -0.337 e. The smallest absolute Gasteiger partial charge is 0.254 e. The van der Waals surface area contributed by atoms with Gasteiger partial charge in [-0.15, -0.1) is 0 Å². The summed E-state index contributed by atoms with van der Waals surface area (Å²) >= 11 is 0. The van der Waals surface area contributed by atoms with Crippen molar-refractivity contribution in [2.24, 2.45) is 0 Å². The fourth-order valence-electron chi connectivity index (χ4n) is 1.94. The van der Waals surface area contributed by atoms with Crippen molar-refractivity contribution in [2.75, 3.05) is 19.3 Å². The summed E-state index contributed by atoms with van der Waals surface area (Å²) in [6, 6.07) is 3.27. The minimum absolute atomic E-state index is 0.126. The molecule has 0 saturated carbocycles. The van der Waals surface area contributed by atoms with Crippen molar-refractivity contribution in [2.45, 2.75) is 11.7 Å². The van der Waals surface area contributed by atoms with E-state index in [0.29, 0.717) is 25.1 Å². The Balaban J connectivity index is 2.10. The highest BCUT2D eigenvalue weighted by Gasteiger charge is 2.32. The molecule has 2 heterocycles. The van der Waals surface area contributed by atoms with Gasteiger partial charge in [0.2, 0.25) is 0 Å². The van der Waals surface area contributed by atoms with Crippen molar-refractivity contribution in [3.8, 4) is 0 Å². The molecule has 5 nitrogen and oxygen atoms in total. The predicted molar refractivity (Wildman–Crippen MR) is 63.4 cm³/mol. The van der Waals surface area contributed by atoms with E-state index in [4.69, 9.17) is 0 Å². The molecule has 0 spiro atoms. The second kappa shape index (κ2) is 4.44. The molecule has 2 rings (SSSR count). The topological polar surface area (TPSA) is 67.3 Å². The van der Waals surface area contributed by atoms with E-state index in [9.17, 15) is 13.2 Å². The van der Waals surface area contributed by atoms with Crippen molar-refractivity contribution >= 4 is 15.7 Å². The van der Waals surface area contributed by atoms with Gasteiger partial charge < -0.3 is 4.90 Å². The van der Waals surface area contributed by atoms with Crippen LogP contribution in [-0.2, 0) is 9.84 Å². The van der Waals surface area contributed by atoms with Crippen molar-refractivity contribution in [3.05, 3.63) is 30.1 Å². The number of sulfone groups is 1. The first-order valence-electron chi connectivity index (χ1n) is 5.36. The molecule has 1 unspecified atom stereocenters. The lowest BCUT2D eigenvalue weighted by atomic mass is 10.2. The summed E-state index contributed by atoms with van der Waals surface area (Å²) < 4.78 is 22.8. The summed E-state index contributed by atoms with van der Waals surface area (Å²) in [7, 11) is -3.06. The van der Waals surface area contributed by atoms with Crippen LogP contribution in [0.2, 0.25) is 0 Å². The number of carbonyl (C=O) groups is 1. The van der Waals surface area contributed by atoms with Gasteiger partial charge in [0.25, 0.3) is 5.91 Å². The number of pyridine rings is 1. The Bertz CT molecular complexity index is 513. The summed E-state index contributed by atoms with van der Waals surface area (Å²) in [4.78, 5) is 17.4. The molecule has 17 heavy (non-hydrogen) atoms. The number of rotatable bonds is 2. The highest BCUT2D eigenvalue weighted by atomic mass is 32.2. The van der Waals surface area contributed by atoms with Crippen LogP contribution in [0.25, 0.3) is 0 Å². The van der Waals surface area contributed by atoms with Gasteiger partial charge in [0.1, 0.15) is 0 Å². The molecule has 0 N–H and O–H groups in total. The Morgan fingerprint density at radius 2 is 2.06 bits per heavy atom. The molecule has 0 aliphatic carbocycles. The Morgan fingerprint density at radius 1 is 1.41 bits per heavy atom. The second-order valence-corrected chi connectivity index (χ2v) is 6.55. The quantitative estimate of drug-likeness (QED) is 0.763. The van der Waals surface area contributed by atoms with Gasteiger partial charge in [0, 0.05) is 37.3 Å². The Kier molecular flexibility index (Phi) is 3.15. The molecule has 1 aromatic rings. The van der Waals surface area contributed by atoms with Gasteiger partial charge in [-0.25, -0.2) is 8.42 Å². The maximum Gasteiger partial charge on any atom is 0.254 e. The lowest BCUT2D eigenvalue weighted by molar-refractivity contribution is 0.0793. The van der Waals surface area contributed by atoms with Crippen molar-refractivity contribution < 1.29 is 13.2 Å². The van der Waals surface area contributed by atoms with E-state index < -0.39 is 15.1 Å². The maximum atomic E-state index is 12.0. The summed E-state index contributed by atoms with van der Waals surface area (Å²) in [5.74, 6) is -0.126. The molecule has 92 valence electrons. The van der Waals surface area contributed by atoms with Crippen LogP contribution < -0.4 is 0 Å². The number of carbonyl (C=O) groups excluding carboxylic acids is 1. The Morgan fingerprint density at radius 3 is 2.59 bits per heavy atom. The summed E-state index contributed by atoms with van der Waals surface area (Å²) in [6.45, 7) is 0.791. The van der Waals surface area contributed by atoms with Gasteiger partial charge in [-0.2, -0.15) is 0 Å². The lowest BCUT2D eigenvalue weighted by Crippen LogP contribution is -2.31. The van der Waals surface area contributed by atoms with E-state index in [1.807, 2.05) is 0 Å². The zero-order valence-electron chi connectivity index (χ0n) is 9.54. The number of likely N-dealkylation sites (tertiary alicyclic amines) is 1. The number of aromatic nitrogens is 1. The first-order chi connectivity index (χ1) is 7.98. The SMILES string of the molecule is CS(=O)(=O)C1CCN(C(=O)c2ccncc2)C1. The van der Waals surface area contributed by atoms with Gasteiger partial charge in [-0.05, 0) is 18.6 Å². The largest absolute Gasteiger partial charge is 0.337 e. The van der Waals surface area contributed by atoms with E-state index in [1.54, 1.807) is 29.4 Å². The monoisotopic (exact) mass is 254 g/mol. The Hall–Kier alpha value is -1.43. The molecule has 1 amide bonds. The molecule has 1 aliphatic rings. The zero-order valence-corrected chi connectivity index (χ0v) is 10.4. The molecule has 1 aliphatic heterocycles. The van der Waals surface area contributed by atoms with E-state index in [0.717, 1.165) is 0 Å². The molecule has 1 aromatic heterocycles. The van der Waals surface area contributed by atoms with Gasteiger partial charge in [-0.1, -0.05) is 0 Å². The number of nitrogens with zero attached hydrogens (tertiary/aromatic N) is 2. The van der Waals surface area contributed by atoms with Crippen LogP contribution in [0, 0.1) is 0 Å². The van der Waals surface area contributed by atoms with Gasteiger partial charge in [0.15, 0.2) is 9.84 Å². The summed E-state index contributed by atoms with van der Waals surface area (Å²) in [5.41, 5.74) is 0.550.